The largest absolute Gasteiger partial charge is 0.252 e. The Morgan fingerprint density at radius 3 is 0.927 bits per heavy atom. The van der Waals surface area contributed by atoms with Crippen LogP contribution in [0.25, 0.3) is 0 Å². The summed E-state index contributed by atoms with van der Waals surface area (Å²) in [6.07, 6.45) is 21.1. The van der Waals surface area contributed by atoms with Crippen molar-refractivity contribution in [2.75, 3.05) is 0 Å². The van der Waals surface area contributed by atoms with Crippen LogP contribution in [-0.2, 0) is 46.1 Å². The van der Waals surface area contributed by atoms with Crippen LogP contribution in [0, 0.1) is 0 Å². The van der Waals surface area contributed by atoms with Crippen molar-refractivity contribution in [3.8, 4) is 0 Å². The van der Waals surface area contributed by atoms with Gasteiger partial charge in [0.25, 0.3) is 0 Å². The van der Waals surface area contributed by atoms with E-state index in [2.05, 4.69) is 77.9 Å². The molecule has 2 aromatic rings. The predicted molar refractivity (Wildman–Crippen MR) is 181 cm³/mol. The Hall–Kier alpha value is -1.56. The monoisotopic (exact) mass is 650 g/mol. The number of rotatable bonds is 21. The van der Waals surface area contributed by atoms with E-state index in [9.17, 15) is 0 Å². The number of aryl methyl sites for hydroxylation is 4. The van der Waals surface area contributed by atoms with Gasteiger partial charge in [-0.25, -0.2) is 0 Å². The second-order valence-electron chi connectivity index (χ2n) is 11.8. The molecule has 0 bridgehead atoms. The van der Waals surface area contributed by atoms with Crippen LogP contribution in [0.2, 0.25) is 0 Å². The maximum atomic E-state index is 5.41. The first kappa shape index (κ1) is 37.5. The molecule has 3 heteroatoms. The van der Waals surface area contributed by atoms with Gasteiger partial charge in [-0.1, -0.05) is 92.2 Å². The van der Waals surface area contributed by atoms with Gasteiger partial charge >= 0.3 is 0 Å². The van der Waals surface area contributed by atoms with E-state index in [1.54, 1.807) is 0 Å². The van der Waals surface area contributed by atoms with Gasteiger partial charge in [-0.15, -0.1) is 0 Å². The third kappa shape index (κ3) is 14.9. The summed E-state index contributed by atoms with van der Waals surface area (Å²) in [6.45, 7) is 13.7. The number of unbranched alkanes of at least 4 members (excludes halogenated alkanes) is 6. The molecule has 0 N–H and O–H groups in total. The predicted octanol–water partition coefficient (Wildman–Crippen LogP) is 12.3. The minimum Gasteiger partial charge on any atom is -0.252 e. The van der Waals surface area contributed by atoms with Crippen molar-refractivity contribution in [3.63, 3.8) is 0 Å². The van der Waals surface area contributed by atoms with E-state index in [1.807, 2.05) is 0 Å². The summed E-state index contributed by atoms with van der Waals surface area (Å²) in [5, 5.41) is 0. The Bertz CT molecular complexity index is 901. The Labute approximate surface area is 268 Å². The van der Waals surface area contributed by atoms with Crippen molar-refractivity contribution < 1.29 is 20.4 Å². The van der Waals surface area contributed by atoms with Crippen molar-refractivity contribution in [3.05, 3.63) is 58.7 Å². The van der Waals surface area contributed by atoms with Gasteiger partial charge in [0.2, 0.25) is 0 Å². The summed E-state index contributed by atoms with van der Waals surface area (Å²) in [4.78, 5) is 10.8. The molecule has 0 heterocycles. The summed E-state index contributed by atoms with van der Waals surface area (Å²) < 4.78 is 0. The van der Waals surface area contributed by atoms with Gasteiger partial charge in [0, 0.05) is 20.4 Å². The smallest absolute Gasteiger partial charge is 0.0639 e. The summed E-state index contributed by atoms with van der Waals surface area (Å²) in [5.74, 6) is 0. The van der Waals surface area contributed by atoms with E-state index in [4.69, 9.17) is 9.98 Å². The fourth-order valence-corrected chi connectivity index (χ4v) is 5.25. The minimum atomic E-state index is 0. The van der Waals surface area contributed by atoms with Gasteiger partial charge in [0.1, 0.15) is 0 Å². The zero-order valence-electron chi connectivity index (χ0n) is 27.4. The number of aliphatic imine (C=N–C) groups is 2. The number of benzene rings is 2. The Balaban J connectivity index is 0.00000840. The molecule has 0 aliphatic rings. The van der Waals surface area contributed by atoms with Crippen LogP contribution < -0.4 is 0 Å². The van der Waals surface area contributed by atoms with Gasteiger partial charge in [0.15, 0.2) is 0 Å². The van der Waals surface area contributed by atoms with Gasteiger partial charge in [0.05, 0.1) is 22.8 Å². The van der Waals surface area contributed by atoms with Crippen molar-refractivity contribution in [2.45, 2.75) is 157 Å². The van der Waals surface area contributed by atoms with E-state index < -0.39 is 0 Å². The second-order valence-corrected chi connectivity index (χ2v) is 11.8. The van der Waals surface area contributed by atoms with Gasteiger partial charge in [-0.3, -0.25) is 9.98 Å². The summed E-state index contributed by atoms with van der Waals surface area (Å²) >= 11 is 0. The summed E-state index contributed by atoms with van der Waals surface area (Å²) in [7, 11) is 0. The fraction of sp³-hybridized carbons (Fsp3) is 0.632. The number of hydrogen-bond donors (Lipinski definition) is 0. The van der Waals surface area contributed by atoms with Crippen molar-refractivity contribution in [1.29, 1.82) is 0 Å². The zero-order valence-corrected chi connectivity index (χ0v) is 29.0. The number of hydrogen-bond acceptors (Lipinski definition) is 2. The minimum absolute atomic E-state index is 0. The third-order valence-electron chi connectivity index (χ3n) is 7.75. The molecule has 0 saturated heterocycles. The van der Waals surface area contributed by atoms with E-state index in [0.29, 0.717) is 0 Å². The summed E-state index contributed by atoms with van der Waals surface area (Å²) in [6, 6.07) is 14.3. The first-order valence-electron chi connectivity index (χ1n) is 17.0. The van der Waals surface area contributed by atoms with Crippen molar-refractivity contribution in [2.24, 2.45) is 9.98 Å². The molecule has 2 rings (SSSR count). The fourth-order valence-electron chi connectivity index (χ4n) is 5.25. The molecule has 0 aliphatic heterocycles. The van der Waals surface area contributed by atoms with Crippen LogP contribution in [0.1, 0.15) is 154 Å². The molecule has 2 nitrogen and oxygen atoms in total. The summed E-state index contributed by atoms with van der Waals surface area (Å²) in [5.41, 5.74) is 10.5. The normalized spacial score (nSPS) is 12.0. The van der Waals surface area contributed by atoms with Crippen LogP contribution in [-0.4, -0.2) is 11.4 Å². The second kappa shape index (κ2) is 23.0. The Morgan fingerprint density at radius 1 is 0.415 bits per heavy atom. The molecule has 2 aromatic carbocycles. The number of nitrogens with zero attached hydrogens (tertiary/aromatic N) is 2. The average molecular weight is 651 g/mol. The molecule has 0 spiro atoms. The molecule has 0 radical (unpaired) electrons. The molecule has 0 aliphatic carbocycles. The Morgan fingerprint density at radius 2 is 0.683 bits per heavy atom. The maximum absolute atomic E-state index is 5.41. The molecular formula is C38H60N2Pd. The third-order valence-corrected chi connectivity index (χ3v) is 7.75. The van der Waals surface area contributed by atoms with Crippen LogP contribution in [0.4, 0.5) is 11.4 Å². The van der Waals surface area contributed by atoms with E-state index in [1.165, 1.54) is 97.9 Å². The van der Waals surface area contributed by atoms with Crippen molar-refractivity contribution in [1.82, 2.24) is 0 Å². The molecule has 232 valence electrons. The van der Waals surface area contributed by atoms with Crippen LogP contribution in [0.5, 0.6) is 0 Å². The molecule has 0 amide bonds. The van der Waals surface area contributed by atoms with Crippen molar-refractivity contribution >= 4 is 22.8 Å². The molecule has 0 unspecified atom stereocenters. The molecular weight excluding hydrogens is 591 g/mol. The molecule has 0 saturated carbocycles. The Kier molecular flexibility index (Phi) is 21.0. The van der Waals surface area contributed by atoms with Gasteiger partial charge in [-0.2, -0.15) is 0 Å². The topological polar surface area (TPSA) is 24.7 Å². The SMILES string of the molecule is CCCCC(=Nc1cc(CCCC)cc(CCCC)c1)C(CCCC)=Nc1cc(CCCC)cc(CCCC)c1.[Pd]. The van der Waals surface area contributed by atoms with Gasteiger partial charge < -0.3 is 0 Å². The average Bonchev–Trinajstić information content (AvgIpc) is 2.97. The molecule has 41 heavy (non-hydrogen) atoms. The first-order valence-corrected chi connectivity index (χ1v) is 17.0. The molecule has 0 fully saturated rings. The van der Waals surface area contributed by atoms with Crippen LogP contribution >= 0.6 is 0 Å². The zero-order chi connectivity index (χ0) is 29.0. The van der Waals surface area contributed by atoms with E-state index in [-0.39, 0.29) is 20.4 Å². The van der Waals surface area contributed by atoms with Gasteiger partial charge in [-0.05, 0) is 124 Å². The molecule has 0 aromatic heterocycles. The van der Waals surface area contributed by atoms with Crippen LogP contribution in [0.3, 0.4) is 0 Å². The standard InChI is InChI=1S/C38H60N2.Pd/c1-7-13-19-31-25-32(20-14-8-2)28-35(27-31)39-37(23-17-11-5)38(24-18-12-6)40-36-29-33(21-15-9-3)26-34(30-36)22-16-10-4;/h25-30H,7-24H2,1-6H3;. The van der Waals surface area contributed by atoms with E-state index >= 15 is 0 Å². The maximum Gasteiger partial charge on any atom is 0.0639 e. The first-order chi connectivity index (χ1) is 19.6. The quantitative estimate of drug-likeness (QED) is 0.0948. The van der Waals surface area contributed by atoms with Crippen LogP contribution in [0.15, 0.2) is 46.4 Å². The van der Waals surface area contributed by atoms with E-state index in [0.717, 1.165) is 62.7 Å². The molecule has 0 atom stereocenters.